The Balaban J connectivity index is 2.67. The Morgan fingerprint density at radius 3 is 2.59 bits per heavy atom. The Morgan fingerprint density at radius 2 is 2.05 bits per heavy atom. The van der Waals surface area contributed by atoms with Crippen LogP contribution in [0.4, 0.5) is 0 Å². The first kappa shape index (κ1) is 15.6. The second-order valence-electron chi connectivity index (χ2n) is 4.70. The molecule has 0 saturated carbocycles. The summed E-state index contributed by atoms with van der Waals surface area (Å²) >= 11 is 0. The Bertz CT molecular complexity index is 678. The van der Waals surface area contributed by atoms with Crippen molar-refractivity contribution in [2.75, 3.05) is 6.61 Å². The van der Waals surface area contributed by atoms with Gasteiger partial charge in [-0.3, -0.25) is 4.79 Å². The molecule has 0 atom stereocenters. The van der Waals surface area contributed by atoms with E-state index < -0.39 is 5.97 Å². The third kappa shape index (κ3) is 2.81. The van der Waals surface area contributed by atoms with Crippen LogP contribution in [-0.2, 0) is 19.1 Å². The number of hydrogen-bond donors (Lipinski definition) is 2. The van der Waals surface area contributed by atoms with E-state index in [4.69, 9.17) is 15.2 Å². The number of nitrogens with one attached hydrogen (secondary N) is 1. The fraction of sp³-hybridized carbons (Fsp3) is 0.250. The van der Waals surface area contributed by atoms with Crippen molar-refractivity contribution in [2.24, 2.45) is 5.73 Å². The monoisotopic (exact) mass is 302 g/mol. The summed E-state index contributed by atoms with van der Waals surface area (Å²) in [5.74, 6) is -0.573. The lowest BCUT2D eigenvalue weighted by Gasteiger charge is -2.25. The number of esters is 1. The number of ether oxygens (including phenoxy) is 2. The standard InChI is InChI=1S/C16H18N2O4/c1-4-21-16(20)14-13(11-7-5-6-8-18-11)12(9(2)19)10(3)22-15(14)17/h5-8,18H,4,17H2,1-3H3. The maximum atomic E-state index is 12.3. The van der Waals surface area contributed by atoms with E-state index in [1.54, 1.807) is 38.3 Å². The predicted octanol–water partition coefficient (Wildman–Crippen LogP) is 1.54. The van der Waals surface area contributed by atoms with Crippen molar-refractivity contribution in [2.45, 2.75) is 20.8 Å². The van der Waals surface area contributed by atoms with E-state index in [1.807, 2.05) is 0 Å². The van der Waals surface area contributed by atoms with Crippen LogP contribution in [0.3, 0.4) is 0 Å². The lowest BCUT2D eigenvalue weighted by molar-refractivity contribution is -0.138. The molecule has 0 saturated heterocycles. The van der Waals surface area contributed by atoms with Gasteiger partial charge in [-0.2, -0.15) is 0 Å². The quantitative estimate of drug-likeness (QED) is 0.769. The SMILES string of the molecule is CCOC(=O)C1=C(N)OC(C)=C(C(C)=O)C1=C1C=CC=CN1. The first-order valence-electron chi connectivity index (χ1n) is 6.88. The number of hydrogen-bond acceptors (Lipinski definition) is 6. The van der Waals surface area contributed by atoms with Gasteiger partial charge in [-0.25, -0.2) is 4.79 Å². The number of carbonyl (C=O) groups excluding carboxylic acids is 2. The molecule has 0 fully saturated rings. The second-order valence-corrected chi connectivity index (χ2v) is 4.70. The Labute approximate surface area is 128 Å². The van der Waals surface area contributed by atoms with E-state index in [-0.39, 0.29) is 23.8 Å². The van der Waals surface area contributed by atoms with Crippen LogP contribution < -0.4 is 11.1 Å². The maximum absolute atomic E-state index is 12.3. The van der Waals surface area contributed by atoms with Crippen molar-refractivity contribution >= 4 is 11.8 Å². The smallest absolute Gasteiger partial charge is 0.344 e. The molecule has 2 rings (SSSR count). The number of rotatable bonds is 3. The molecule has 0 unspecified atom stereocenters. The molecule has 2 heterocycles. The van der Waals surface area contributed by atoms with Crippen molar-refractivity contribution in [3.05, 3.63) is 58.5 Å². The third-order valence-electron chi connectivity index (χ3n) is 3.17. The molecule has 0 spiro atoms. The van der Waals surface area contributed by atoms with Gasteiger partial charge in [0.15, 0.2) is 5.78 Å². The number of nitrogens with two attached hydrogens (primary N) is 1. The average molecular weight is 302 g/mol. The van der Waals surface area contributed by atoms with E-state index in [0.29, 0.717) is 22.6 Å². The maximum Gasteiger partial charge on any atom is 0.344 e. The second kappa shape index (κ2) is 6.34. The molecule has 6 nitrogen and oxygen atoms in total. The molecule has 6 heteroatoms. The fourth-order valence-corrected chi connectivity index (χ4v) is 2.34. The number of carbonyl (C=O) groups is 2. The van der Waals surface area contributed by atoms with Gasteiger partial charge in [0.25, 0.3) is 0 Å². The minimum absolute atomic E-state index is 0.0556. The van der Waals surface area contributed by atoms with Crippen LogP contribution in [0.5, 0.6) is 0 Å². The largest absolute Gasteiger partial charge is 0.462 e. The average Bonchev–Trinajstić information content (AvgIpc) is 2.47. The van der Waals surface area contributed by atoms with Crippen LogP contribution in [0.1, 0.15) is 20.8 Å². The van der Waals surface area contributed by atoms with Gasteiger partial charge in [-0.1, -0.05) is 6.08 Å². The van der Waals surface area contributed by atoms with E-state index >= 15 is 0 Å². The van der Waals surface area contributed by atoms with Crippen LogP contribution in [-0.4, -0.2) is 18.4 Å². The van der Waals surface area contributed by atoms with Crippen LogP contribution in [0.25, 0.3) is 0 Å². The Morgan fingerprint density at radius 1 is 1.32 bits per heavy atom. The molecule has 22 heavy (non-hydrogen) atoms. The van der Waals surface area contributed by atoms with Gasteiger partial charge >= 0.3 is 5.97 Å². The van der Waals surface area contributed by atoms with Gasteiger partial charge in [0.05, 0.1) is 12.2 Å². The summed E-state index contributed by atoms with van der Waals surface area (Å²) in [6, 6.07) is 0. The van der Waals surface area contributed by atoms with Gasteiger partial charge in [-0.05, 0) is 32.9 Å². The molecule has 0 aromatic rings. The van der Waals surface area contributed by atoms with Crippen LogP contribution in [0, 0.1) is 0 Å². The van der Waals surface area contributed by atoms with Crippen LogP contribution >= 0.6 is 0 Å². The normalized spacial score (nSPS) is 20.7. The number of dihydropyridines is 1. The van der Waals surface area contributed by atoms with Gasteiger partial charge in [-0.15, -0.1) is 0 Å². The van der Waals surface area contributed by atoms with Crippen molar-refractivity contribution in [3.63, 3.8) is 0 Å². The highest BCUT2D eigenvalue weighted by Crippen LogP contribution is 2.34. The lowest BCUT2D eigenvalue weighted by Crippen LogP contribution is -2.27. The summed E-state index contributed by atoms with van der Waals surface area (Å²) in [6.07, 6.45) is 7.04. The van der Waals surface area contributed by atoms with Gasteiger partial charge in [0.2, 0.25) is 5.88 Å². The Hall–Kier alpha value is -2.76. The zero-order chi connectivity index (χ0) is 16.3. The van der Waals surface area contributed by atoms with Gasteiger partial charge in [0, 0.05) is 17.5 Å². The molecule has 116 valence electrons. The van der Waals surface area contributed by atoms with Crippen molar-refractivity contribution in [3.8, 4) is 0 Å². The molecule has 2 aliphatic rings. The summed E-state index contributed by atoms with van der Waals surface area (Å²) < 4.78 is 10.4. The zero-order valence-corrected chi connectivity index (χ0v) is 12.7. The first-order valence-corrected chi connectivity index (χ1v) is 6.88. The van der Waals surface area contributed by atoms with Crippen molar-refractivity contribution in [1.29, 1.82) is 0 Å². The molecule has 0 amide bonds. The van der Waals surface area contributed by atoms with Crippen molar-refractivity contribution in [1.82, 2.24) is 5.32 Å². The summed E-state index contributed by atoms with van der Waals surface area (Å²) in [5.41, 5.74) is 7.21. The molecule has 3 N–H and O–H groups in total. The molecular formula is C16H18N2O4. The van der Waals surface area contributed by atoms with Gasteiger partial charge in [0.1, 0.15) is 11.3 Å². The zero-order valence-electron chi connectivity index (χ0n) is 12.7. The highest BCUT2D eigenvalue weighted by molar-refractivity contribution is 6.07. The van der Waals surface area contributed by atoms with E-state index in [2.05, 4.69) is 5.32 Å². The summed E-state index contributed by atoms with van der Waals surface area (Å²) in [5, 5.41) is 3.01. The number of Topliss-reactive ketones (excluding diaryl/α,β-unsaturated/α-hetero) is 1. The fourth-order valence-electron chi connectivity index (χ4n) is 2.34. The molecule has 0 bridgehead atoms. The lowest BCUT2D eigenvalue weighted by atomic mass is 9.90. The molecule has 2 aliphatic heterocycles. The van der Waals surface area contributed by atoms with Crippen LogP contribution in [0.2, 0.25) is 0 Å². The minimum Gasteiger partial charge on any atom is -0.462 e. The van der Waals surface area contributed by atoms with E-state index in [0.717, 1.165) is 0 Å². The van der Waals surface area contributed by atoms with E-state index in [1.165, 1.54) is 6.92 Å². The van der Waals surface area contributed by atoms with Gasteiger partial charge < -0.3 is 20.5 Å². The molecule has 0 aromatic carbocycles. The van der Waals surface area contributed by atoms with Crippen LogP contribution in [0.15, 0.2) is 58.5 Å². The molecule has 0 radical (unpaired) electrons. The minimum atomic E-state index is -0.626. The topological polar surface area (TPSA) is 90.7 Å². The number of allylic oxidation sites excluding steroid dienone is 5. The highest BCUT2D eigenvalue weighted by atomic mass is 16.5. The van der Waals surface area contributed by atoms with Crippen molar-refractivity contribution < 1.29 is 19.1 Å². The molecule has 0 aromatic heterocycles. The first-order chi connectivity index (χ1) is 10.5. The predicted molar refractivity (Wildman–Crippen MR) is 80.8 cm³/mol. The third-order valence-corrected chi connectivity index (χ3v) is 3.17. The highest BCUT2D eigenvalue weighted by Gasteiger charge is 2.34. The summed E-state index contributed by atoms with van der Waals surface area (Å²) in [4.78, 5) is 24.3. The van der Waals surface area contributed by atoms with E-state index in [9.17, 15) is 9.59 Å². The molecular weight excluding hydrogens is 284 g/mol. The summed E-state index contributed by atoms with van der Waals surface area (Å²) in [6.45, 7) is 4.93. The summed E-state index contributed by atoms with van der Waals surface area (Å²) in [7, 11) is 0. The number of ketones is 1. The molecule has 0 aliphatic carbocycles. The Kier molecular flexibility index (Phi) is 4.50.